The Morgan fingerprint density at radius 3 is 1.72 bits per heavy atom. The predicted octanol–water partition coefficient (Wildman–Crippen LogP) is 10.5. The van der Waals surface area contributed by atoms with Crippen molar-refractivity contribution in [2.45, 2.75) is 13.5 Å². The lowest BCUT2D eigenvalue weighted by molar-refractivity contribution is 0.101. The Kier molecular flexibility index (Phi) is 12.0. The number of allylic oxidation sites excluding steroid dienone is 1. The molecule has 0 N–H and O–H groups in total. The van der Waals surface area contributed by atoms with Gasteiger partial charge in [-0.2, -0.15) is 0 Å². The van der Waals surface area contributed by atoms with E-state index in [2.05, 4.69) is 21.4 Å². The minimum atomic E-state index is -0.796. The Bertz CT molecular complexity index is 2760. The summed E-state index contributed by atoms with van der Waals surface area (Å²) in [5.74, 6) is 0.0950. The maximum absolute atomic E-state index is 14.7. The number of ketones is 1. The van der Waals surface area contributed by atoms with Crippen LogP contribution in [-0.2, 0) is 6.54 Å². The van der Waals surface area contributed by atoms with Gasteiger partial charge in [-0.1, -0.05) is 72.8 Å². The van der Waals surface area contributed by atoms with Crippen LogP contribution in [0.3, 0.4) is 0 Å². The molecule has 3 heterocycles. The number of nitrogens with zero attached hydrogens (tertiary/aromatic N) is 5. The lowest BCUT2D eigenvalue weighted by atomic mass is 10.1. The van der Waals surface area contributed by atoms with Gasteiger partial charge in [-0.25, -0.2) is 19.4 Å². The van der Waals surface area contributed by atoms with Crippen molar-refractivity contribution in [3.05, 3.63) is 174 Å². The molecule has 2 aliphatic rings. The first-order chi connectivity index (χ1) is 31.2. The summed E-state index contributed by atoms with van der Waals surface area (Å²) in [5, 5.41) is 0.889. The molecule has 1 saturated heterocycles. The van der Waals surface area contributed by atoms with Crippen LogP contribution in [0.5, 0.6) is 23.0 Å². The van der Waals surface area contributed by atoms with Gasteiger partial charge in [0.25, 0.3) is 0 Å². The van der Waals surface area contributed by atoms with Crippen LogP contribution in [0.15, 0.2) is 157 Å². The molecule has 9 rings (SSSR count). The predicted molar refractivity (Wildman–Crippen MR) is 249 cm³/mol. The molecule has 0 radical (unpaired) electrons. The summed E-state index contributed by atoms with van der Waals surface area (Å²) >= 11 is 0. The van der Waals surface area contributed by atoms with Crippen LogP contribution < -0.4 is 28.7 Å². The Hall–Kier alpha value is -7.67. The van der Waals surface area contributed by atoms with Crippen LogP contribution in [0.1, 0.15) is 21.6 Å². The van der Waals surface area contributed by atoms with Crippen LogP contribution in [0.2, 0.25) is 0 Å². The molecule has 0 spiro atoms. The number of aromatic nitrogens is 1. The second-order valence-electron chi connectivity index (χ2n) is 15.7. The van der Waals surface area contributed by atoms with Gasteiger partial charge in [0.2, 0.25) is 5.78 Å². The zero-order valence-corrected chi connectivity index (χ0v) is 35.8. The van der Waals surface area contributed by atoms with Gasteiger partial charge in [0, 0.05) is 73.6 Å². The molecule has 12 heteroatoms. The molecule has 2 amide bonds. The van der Waals surface area contributed by atoms with Gasteiger partial charge >= 0.3 is 12.2 Å². The number of piperazine rings is 1. The van der Waals surface area contributed by atoms with Crippen molar-refractivity contribution >= 4 is 57.7 Å². The summed E-state index contributed by atoms with van der Waals surface area (Å²) in [6.45, 7) is 7.68. The molecule has 0 saturated carbocycles. The number of ether oxygens (including phenoxy) is 4. The number of likely N-dealkylation sites (N-methyl/N-ethyl adjacent to an activating group) is 1. The summed E-state index contributed by atoms with van der Waals surface area (Å²) < 4.78 is 26.6. The van der Waals surface area contributed by atoms with E-state index in [1.54, 1.807) is 61.7 Å². The third kappa shape index (κ3) is 8.56. The van der Waals surface area contributed by atoms with Gasteiger partial charge in [0.15, 0.2) is 11.5 Å². The second kappa shape index (κ2) is 18.4. The SMILES string of the molecule is COc1ccc2c(c1)c(/C=C1\Oc3cc(OC(=O)N(c4ccccc4)c4ccccc4)cc(OC(=O)N(c4ccccc4)c4ccccc4)c3C1=O)c(C)n2CCN1CCN(C)CC1. The first-order valence-corrected chi connectivity index (χ1v) is 21.2. The first kappa shape index (κ1) is 41.7. The number of para-hydroxylation sites is 4. The highest BCUT2D eigenvalue weighted by Crippen LogP contribution is 2.44. The van der Waals surface area contributed by atoms with E-state index in [1.165, 1.54) is 21.9 Å². The van der Waals surface area contributed by atoms with Crippen LogP contribution in [0.25, 0.3) is 17.0 Å². The summed E-state index contributed by atoms with van der Waals surface area (Å²) in [6.07, 6.45) is 0.198. The topological polar surface area (TPSA) is 106 Å². The molecule has 0 unspecified atom stereocenters. The minimum absolute atomic E-state index is 0.00939. The fourth-order valence-corrected chi connectivity index (χ4v) is 8.24. The number of fused-ring (bicyclic) bond motifs is 2. The average Bonchev–Trinajstić information content (AvgIpc) is 3.78. The number of Topliss-reactive ketones (excluding diaryl/α,β-unsaturated/α-hetero) is 1. The molecular weight excluding hydrogens is 807 g/mol. The van der Waals surface area contributed by atoms with E-state index in [0.717, 1.165) is 61.4 Å². The molecule has 0 aliphatic carbocycles. The number of methoxy groups -OCH3 is 1. The summed E-state index contributed by atoms with van der Waals surface area (Å²) in [7, 11) is 3.77. The number of anilines is 4. The molecule has 6 aromatic carbocycles. The number of amides is 2. The molecule has 1 aromatic heterocycles. The van der Waals surface area contributed by atoms with Crippen molar-refractivity contribution in [3.8, 4) is 23.0 Å². The van der Waals surface area contributed by atoms with Crippen LogP contribution in [0.4, 0.5) is 32.3 Å². The molecule has 7 aromatic rings. The van der Waals surface area contributed by atoms with E-state index in [1.807, 2.05) is 97.9 Å². The Morgan fingerprint density at radius 2 is 1.19 bits per heavy atom. The smallest absolute Gasteiger partial charge is 0.424 e. The number of hydrogen-bond acceptors (Lipinski definition) is 9. The van der Waals surface area contributed by atoms with E-state index in [-0.39, 0.29) is 28.6 Å². The van der Waals surface area contributed by atoms with Gasteiger partial charge in [0.1, 0.15) is 22.8 Å². The van der Waals surface area contributed by atoms with E-state index < -0.39 is 18.0 Å². The number of carbonyl (C=O) groups excluding carboxylic acids is 3. The van der Waals surface area contributed by atoms with Gasteiger partial charge < -0.3 is 28.4 Å². The monoisotopic (exact) mass is 853 g/mol. The summed E-state index contributed by atoms with van der Waals surface area (Å²) in [6, 6.07) is 45.1. The molecule has 12 nitrogen and oxygen atoms in total. The van der Waals surface area contributed by atoms with Gasteiger partial charge in [-0.05, 0) is 86.8 Å². The zero-order valence-electron chi connectivity index (χ0n) is 35.8. The quantitative estimate of drug-likeness (QED) is 0.118. The minimum Gasteiger partial charge on any atom is -0.497 e. The largest absolute Gasteiger partial charge is 0.497 e. The average molecular weight is 854 g/mol. The van der Waals surface area contributed by atoms with Crippen molar-refractivity contribution < 1.29 is 33.3 Å². The molecular formula is C52H47N5O7. The number of rotatable bonds is 11. The first-order valence-electron chi connectivity index (χ1n) is 21.2. The maximum Gasteiger partial charge on any atom is 0.424 e. The normalized spacial score (nSPS) is 14.5. The standard InChI is InChI=1S/C52H47N5O7/c1-36-43(44-32-41(61-3)24-25-45(44)55(36)31-30-54-28-26-53(2)27-29-54)35-48-50(58)49-46(63-48)33-42(62-51(59)56(37-16-8-4-9-17-37)38-18-10-5-11-19-38)34-47(49)64-52(60)57(39-20-12-6-13-21-39)40-22-14-7-15-23-40/h4-25,32-35H,26-31H2,1-3H3/b48-35-. The highest BCUT2D eigenvalue weighted by atomic mass is 16.6. The molecule has 1 fully saturated rings. The summed E-state index contributed by atoms with van der Waals surface area (Å²) in [5.41, 5.74) is 4.95. The van der Waals surface area contributed by atoms with Crippen molar-refractivity contribution in [2.24, 2.45) is 0 Å². The van der Waals surface area contributed by atoms with Crippen LogP contribution in [0, 0.1) is 6.92 Å². The van der Waals surface area contributed by atoms with Crippen molar-refractivity contribution in [2.75, 3.05) is 56.7 Å². The van der Waals surface area contributed by atoms with Gasteiger partial charge in [-0.15, -0.1) is 0 Å². The molecule has 2 aliphatic heterocycles. The maximum atomic E-state index is 14.7. The van der Waals surface area contributed by atoms with E-state index in [0.29, 0.717) is 28.5 Å². The Morgan fingerprint density at radius 1 is 0.656 bits per heavy atom. The molecule has 322 valence electrons. The Labute approximate surface area is 371 Å². The van der Waals surface area contributed by atoms with E-state index in [9.17, 15) is 14.4 Å². The molecule has 0 bridgehead atoms. The molecule has 0 atom stereocenters. The fourth-order valence-electron chi connectivity index (χ4n) is 8.24. The number of carbonyl (C=O) groups is 3. The highest BCUT2D eigenvalue weighted by molar-refractivity contribution is 6.17. The van der Waals surface area contributed by atoms with E-state index >= 15 is 0 Å². The van der Waals surface area contributed by atoms with Crippen molar-refractivity contribution in [1.29, 1.82) is 0 Å². The zero-order chi connectivity index (χ0) is 44.2. The lowest BCUT2D eigenvalue weighted by Gasteiger charge is -2.32. The number of hydrogen-bond donors (Lipinski definition) is 0. The van der Waals surface area contributed by atoms with Crippen LogP contribution in [-0.4, -0.2) is 79.2 Å². The van der Waals surface area contributed by atoms with Crippen LogP contribution >= 0.6 is 0 Å². The summed E-state index contributed by atoms with van der Waals surface area (Å²) in [4.78, 5) is 51.0. The Balaban J connectivity index is 1.11. The van der Waals surface area contributed by atoms with Crippen molar-refractivity contribution in [1.82, 2.24) is 14.4 Å². The van der Waals surface area contributed by atoms with Gasteiger partial charge in [-0.3, -0.25) is 9.69 Å². The third-order valence-electron chi connectivity index (χ3n) is 11.6. The molecule has 64 heavy (non-hydrogen) atoms. The van der Waals surface area contributed by atoms with Gasteiger partial charge in [0.05, 0.1) is 29.9 Å². The second-order valence-corrected chi connectivity index (χ2v) is 15.7. The number of benzene rings is 6. The highest BCUT2D eigenvalue weighted by Gasteiger charge is 2.36. The third-order valence-corrected chi connectivity index (χ3v) is 11.6. The fraction of sp³-hybridized carbons (Fsp3) is 0.173. The lowest BCUT2D eigenvalue weighted by Crippen LogP contribution is -2.45. The van der Waals surface area contributed by atoms with Crippen molar-refractivity contribution in [3.63, 3.8) is 0 Å². The van der Waals surface area contributed by atoms with E-state index in [4.69, 9.17) is 18.9 Å².